The highest BCUT2D eigenvalue weighted by Crippen LogP contribution is 2.25. The maximum absolute atomic E-state index is 12.9. The Morgan fingerprint density at radius 3 is 2.59 bits per heavy atom. The van der Waals surface area contributed by atoms with Crippen molar-refractivity contribution >= 4 is 34.3 Å². The maximum atomic E-state index is 12.9. The monoisotopic (exact) mass is 477 g/mol. The van der Waals surface area contributed by atoms with E-state index in [-0.39, 0.29) is 29.2 Å². The van der Waals surface area contributed by atoms with E-state index < -0.39 is 0 Å². The second-order valence-electron chi connectivity index (χ2n) is 8.19. The molecule has 1 unspecified atom stereocenters. The van der Waals surface area contributed by atoms with Crippen molar-refractivity contribution in [1.29, 1.82) is 0 Å². The van der Waals surface area contributed by atoms with Gasteiger partial charge in [-0.25, -0.2) is 0 Å². The van der Waals surface area contributed by atoms with Gasteiger partial charge in [-0.1, -0.05) is 56.0 Å². The van der Waals surface area contributed by atoms with Gasteiger partial charge in [-0.05, 0) is 35.7 Å². The molecule has 0 aliphatic carbocycles. The first-order valence-corrected chi connectivity index (χ1v) is 12.0. The van der Waals surface area contributed by atoms with Gasteiger partial charge in [-0.2, -0.15) is 0 Å². The molecule has 8 nitrogen and oxygen atoms in total. The molecule has 0 radical (unpaired) electrons. The van der Waals surface area contributed by atoms with Gasteiger partial charge >= 0.3 is 0 Å². The molecule has 1 atom stereocenters. The number of fused-ring (bicyclic) bond motifs is 3. The summed E-state index contributed by atoms with van der Waals surface area (Å²) in [4.78, 5) is 25.8. The molecule has 2 aromatic heterocycles. The van der Waals surface area contributed by atoms with E-state index in [0.717, 1.165) is 11.3 Å². The van der Waals surface area contributed by atoms with Crippen LogP contribution in [0.4, 0.5) is 0 Å². The van der Waals surface area contributed by atoms with E-state index in [1.807, 2.05) is 46.9 Å². The Morgan fingerprint density at radius 1 is 1.18 bits per heavy atom. The zero-order chi connectivity index (χ0) is 24.2. The van der Waals surface area contributed by atoms with Gasteiger partial charge < -0.3 is 10.1 Å². The number of para-hydroxylation sites is 1. The third-order valence-electron chi connectivity index (χ3n) is 5.58. The largest absolute Gasteiger partial charge is 0.497 e. The minimum absolute atomic E-state index is 0.111. The van der Waals surface area contributed by atoms with Gasteiger partial charge in [0.1, 0.15) is 5.75 Å². The molecule has 9 heteroatoms. The quantitative estimate of drug-likeness (QED) is 0.291. The van der Waals surface area contributed by atoms with Crippen molar-refractivity contribution in [2.24, 2.45) is 5.92 Å². The number of nitrogens with zero attached hydrogens (tertiary/aromatic N) is 4. The minimum atomic E-state index is -0.149. The fourth-order valence-corrected chi connectivity index (χ4v) is 4.66. The van der Waals surface area contributed by atoms with Crippen molar-refractivity contribution in [1.82, 2.24) is 24.5 Å². The number of hydrogen-bond donors (Lipinski definition) is 1. The smallest absolute Gasteiger partial charge is 0.263 e. The highest BCUT2D eigenvalue weighted by molar-refractivity contribution is 7.99. The Hall–Kier alpha value is -3.59. The van der Waals surface area contributed by atoms with Crippen LogP contribution in [0, 0.1) is 5.92 Å². The first-order chi connectivity index (χ1) is 16.4. The van der Waals surface area contributed by atoms with E-state index in [2.05, 4.69) is 35.9 Å². The number of benzene rings is 2. The molecular weight excluding hydrogens is 450 g/mol. The van der Waals surface area contributed by atoms with Crippen LogP contribution in [-0.4, -0.2) is 37.9 Å². The van der Waals surface area contributed by atoms with Crippen molar-refractivity contribution < 1.29 is 9.53 Å². The number of aromatic nitrogens is 4. The SMILES string of the molecule is C=CCn1c(=O)c2ccccc2n2c(SCC(=O)NC(c3ccc(OC)cc3)C(C)C)nnc12. The molecule has 0 saturated heterocycles. The third-order valence-corrected chi connectivity index (χ3v) is 6.51. The van der Waals surface area contributed by atoms with Crippen molar-refractivity contribution in [3.8, 4) is 5.75 Å². The first kappa shape index (κ1) is 23.6. The van der Waals surface area contributed by atoms with Crippen molar-refractivity contribution in [3.05, 3.63) is 77.1 Å². The Labute approximate surface area is 201 Å². The molecule has 4 aromatic rings. The van der Waals surface area contributed by atoms with Crippen LogP contribution in [-0.2, 0) is 11.3 Å². The highest BCUT2D eigenvalue weighted by atomic mass is 32.2. The van der Waals surface area contributed by atoms with Gasteiger partial charge in [0, 0.05) is 6.54 Å². The number of methoxy groups -OCH3 is 1. The predicted molar refractivity (Wildman–Crippen MR) is 134 cm³/mol. The summed E-state index contributed by atoms with van der Waals surface area (Å²) in [5.74, 6) is 1.45. The molecule has 0 aliphatic rings. The highest BCUT2D eigenvalue weighted by Gasteiger charge is 2.20. The number of nitrogens with one attached hydrogen (secondary N) is 1. The lowest BCUT2D eigenvalue weighted by Gasteiger charge is -2.23. The average Bonchev–Trinajstić information content (AvgIpc) is 3.27. The number of ether oxygens (including phenoxy) is 1. The van der Waals surface area contributed by atoms with Crippen LogP contribution in [0.1, 0.15) is 25.5 Å². The lowest BCUT2D eigenvalue weighted by molar-refractivity contribution is -0.119. The van der Waals surface area contributed by atoms with Gasteiger partial charge in [0.15, 0.2) is 5.16 Å². The third kappa shape index (κ3) is 4.56. The van der Waals surface area contributed by atoms with Gasteiger partial charge in [-0.3, -0.25) is 18.6 Å². The lowest BCUT2D eigenvalue weighted by atomic mass is 9.96. The number of carbonyl (C=O) groups excluding carboxylic acids is 1. The van der Waals surface area contributed by atoms with Crippen LogP contribution in [0.5, 0.6) is 5.75 Å². The first-order valence-electron chi connectivity index (χ1n) is 11.0. The van der Waals surface area contributed by atoms with Gasteiger partial charge in [0.05, 0.1) is 29.8 Å². The summed E-state index contributed by atoms with van der Waals surface area (Å²) in [6.45, 7) is 8.20. The van der Waals surface area contributed by atoms with Crippen LogP contribution >= 0.6 is 11.8 Å². The van der Waals surface area contributed by atoms with Crippen molar-refractivity contribution in [2.45, 2.75) is 31.6 Å². The minimum Gasteiger partial charge on any atom is -0.497 e. The van der Waals surface area contributed by atoms with Gasteiger partial charge in [0.2, 0.25) is 11.7 Å². The Morgan fingerprint density at radius 2 is 1.91 bits per heavy atom. The standard InChI is InChI=1S/C25H27N5O3S/c1-5-14-29-23(32)19-8-6-7-9-20(19)30-24(29)27-28-25(30)34-15-21(31)26-22(16(2)3)17-10-12-18(33-4)13-11-17/h5-13,16,22H,1,14-15H2,2-4H3,(H,26,31). The predicted octanol–water partition coefficient (Wildman–Crippen LogP) is 3.84. The summed E-state index contributed by atoms with van der Waals surface area (Å²) in [5, 5.41) is 12.8. The number of rotatable bonds is 9. The van der Waals surface area contributed by atoms with Crippen LogP contribution < -0.4 is 15.6 Å². The Bertz CT molecular complexity index is 1390. The topological polar surface area (TPSA) is 90.5 Å². The summed E-state index contributed by atoms with van der Waals surface area (Å²) in [6.07, 6.45) is 1.65. The number of hydrogen-bond acceptors (Lipinski definition) is 6. The van der Waals surface area contributed by atoms with E-state index in [1.165, 1.54) is 16.3 Å². The molecule has 0 spiro atoms. The Balaban J connectivity index is 1.59. The molecular formula is C25H27N5O3S. The van der Waals surface area contributed by atoms with Gasteiger partial charge in [-0.15, -0.1) is 16.8 Å². The Kier molecular flexibility index (Phi) is 7.02. The van der Waals surface area contributed by atoms with E-state index in [9.17, 15) is 9.59 Å². The average molecular weight is 478 g/mol. The molecule has 0 fully saturated rings. The van der Waals surface area contributed by atoms with E-state index >= 15 is 0 Å². The molecule has 1 N–H and O–H groups in total. The number of amides is 1. The van der Waals surface area contributed by atoms with Crippen LogP contribution in [0.3, 0.4) is 0 Å². The molecule has 0 saturated carbocycles. The van der Waals surface area contributed by atoms with Gasteiger partial charge in [0.25, 0.3) is 5.56 Å². The van der Waals surface area contributed by atoms with Crippen molar-refractivity contribution in [3.63, 3.8) is 0 Å². The molecule has 34 heavy (non-hydrogen) atoms. The van der Waals surface area contributed by atoms with E-state index in [1.54, 1.807) is 19.3 Å². The maximum Gasteiger partial charge on any atom is 0.263 e. The molecule has 2 heterocycles. The lowest BCUT2D eigenvalue weighted by Crippen LogP contribution is -2.33. The second kappa shape index (κ2) is 10.1. The fourth-order valence-electron chi connectivity index (χ4n) is 3.91. The molecule has 2 aromatic carbocycles. The molecule has 1 amide bonds. The normalized spacial score (nSPS) is 12.2. The summed E-state index contributed by atoms with van der Waals surface area (Å²) >= 11 is 1.28. The van der Waals surface area contributed by atoms with E-state index in [4.69, 9.17) is 4.74 Å². The van der Waals surface area contributed by atoms with Crippen LogP contribution in [0.25, 0.3) is 16.7 Å². The van der Waals surface area contributed by atoms with Crippen LogP contribution in [0.2, 0.25) is 0 Å². The zero-order valence-corrected chi connectivity index (χ0v) is 20.2. The summed E-state index contributed by atoms with van der Waals surface area (Å²) in [5.41, 5.74) is 1.57. The fraction of sp³-hybridized carbons (Fsp3) is 0.280. The van der Waals surface area contributed by atoms with E-state index in [0.29, 0.717) is 28.4 Å². The van der Waals surface area contributed by atoms with Crippen LogP contribution in [0.15, 0.2) is 71.1 Å². The number of allylic oxidation sites excluding steroid dienone is 1. The summed E-state index contributed by atoms with van der Waals surface area (Å²) in [6, 6.07) is 14.9. The summed E-state index contributed by atoms with van der Waals surface area (Å²) < 4.78 is 8.59. The summed E-state index contributed by atoms with van der Waals surface area (Å²) in [7, 11) is 1.63. The van der Waals surface area contributed by atoms with Crippen molar-refractivity contribution in [2.75, 3.05) is 12.9 Å². The second-order valence-corrected chi connectivity index (χ2v) is 9.13. The molecule has 4 rings (SSSR count). The molecule has 176 valence electrons. The zero-order valence-electron chi connectivity index (χ0n) is 19.4. The molecule has 0 bridgehead atoms. The number of carbonyl (C=O) groups is 1. The molecule has 0 aliphatic heterocycles. The number of thioether (sulfide) groups is 1.